The van der Waals surface area contributed by atoms with Gasteiger partial charge in [-0.1, -0.05) is 44.0 Å². The molecule has 0 spiro atoms. The molecule has 0 amide bonds. The second-order valence-electron chi connectivity index (χ2n) is 5.49. The molecule has 0 unspecified atom stereocenters. The molecule has 3 rings (SSSR count). The van der Waals surface area contributed by atoms with Crippen molar-refractivity contribution in [2.75, 3.05) is 0 Å². The molecule has 1 aliphatic heterocycles. The normalized spacial score (nSPS) is 13.3. The monoisotopic (exact) mass is 302 g/mol. The fourth-order valence-electron chi connectivity index (χ4n) is 2.78. The van der Waals surface area contributed by atoms with E-state index in [4.69, 9.17) is 4.74 Å². The van der Waals surface area contributed by atoms with Crippen molar-refractivity contribution in [3.63, 3.8) is 0 Å². The van der Waals surface area contributed by atoms with Crippen molar-refractivity contribution in [2.24, 2.45) is 0 Å². The molecule has 2 aromatic carbocycles. The minimum absolute atomic E-state index is 0.168. The number of phenols is 1. The average molecular weight is 302 g/mol. The van der Waals surface area contributed by atoms with E-state index in [2.05, 4.69) is 19.7 Å². The van der Waals surface area contributed by atoms with E-state index in [1.165, 1.54) is 0 Å². The average Bonchev–Trinajstić information content (AvgIpc) is 2.54. The first-order valence-corrected chi connectivity index (χ1v) is 7.36. The summed E-state index contributed by atoms with van der Waals surface area (Å²) in [6, 6.07) is 11.0. The Morgan fingerprint density at radius 1 is 1.04 bits per heavy atom. The first-order valence-electron chi connectivity index (χ1n) is 7.36. The van der Waals surface area contributed by atoms with Crippen LogP contribution in [0.25, 0.3) is 12.2 Å². The zero-order chi connectivity index (χ0) is 16.6. The van der Waals surface area contributed by atoms with E-state index >= 15 is 0 Å². The summed E-state index contributed by atoms with van der Waals surface area (Å²) < 4.78 is 5.97. The number of ether oxygens (including phenoxy) is 1. The van der Waals surface area contributed by atoms with Gasteiger partial charge >= 0.3 is 0 Å². The molecule has 0 saturated carbocycles. The minimum atomic E-state index is 0.168. The molecule has 1 heterocycles. The largest absolute Gasteiger partial charge is 0.508 e. The van der Waals surface area contributed by atoms with Gasteiger partial charge in [0.15, 0.2) is 0 Å². The maximum Gasteiger partial charge on any atom is 0.139 e. The summed E-state index contributed by atoms with van der Waals surface area (Å²) >= 11 is 0. The first kappa shape index (κ1) is 14.9. The second-order valence-corrected chi connectivity index (χ2v) is 5.49. The molecule has 2 aromatic rings. The van der Waals surface area contributed by atoms with E-state index in [1.54, 1.807) is 12.1 Å². The number of hydrogen-bond donors (Lipinski definition) is 1. The molecule has 0 fully saturated rings. The highest BCUT2D eigenvalue weighted by molar-refractivity contribution is 5.87. The summed E-state index contributed by atoms with van der Waals surface area (Å²) in [5.74, 6) is 1.51. The lowest BCUT2D eigenvalue weighted by atomic mass is 9.90. The predicted molar refractivity (Wildman–Crippen MR) is 95.0 cm³/mol. The Hall–Kier alpha value is -3.00. The van der Waals surface area contributed by atoms with Gasteiger partial charge in [-0.05, 0) is 41.5 Å². The van der Waals surface area contributed by atoms with E-state index in [0.717, 1.165) is 38.5 Å². The van der Waals surface area contributed by atoms with Crippen molar-refractivity contribution < 1.29 is 9.84 Å². The van der Waals surface area contributed by atoms with Crippen LogP contribution < -0.4 is 15.2 Å². The standard InChI is InChI=1S/C21H18O2/c1-5-14(4)16(6-2)21-17-9-7-13(3)11-19(17)23-20-12-15(22)8-10-18(20)21/h5-12,22H,1-3H2,4H3/b16-14+. The molecular weight excluding hydrogens is 284 g/mol. The van der Waals surface area contributed by atoms with Crippen LogP contribution in [0.5, 0.6) is 17.2 Å². The van der Waals surface area contributed by atoms with E-state index in [-0.39, 0.29) is 5.75 Å². The lowest BCUT2D eigenvalue weighted by Crippen LogP contribution is -2.19. The third-order valence-electron chi connectivity index (χ3n) is 3.97. The Bertz CT molecular complexity index is 962. The predicted octanol–water partition coefficient (Wildman–Crippen LogP) is 3.80. The lowest BCUT2D eigenvalue weighted by molar-refractivity contribution is 0.450. The number of benzene rings is 2. The number of aromatic hydroxyl groups is 1. The Balaban J connectivity index is 2.49. The molecule has 1 N–H and O–H groups in total. The van der Waals surface area contributed by atoms with Crippen LogP contribution in [-0.2, 0) is 0 Å². The van der Waals surface area contributed by atoms with Crippen LogP contribution >= 0.6 is 0 Å². The van der Waals surface area contributed by atoms with Crippen molar-refractivity contribution in [3.8, 4) is 17.2 Å². The minimum Gasteiger partial charge on any atom is -0.508 e. The topological polar surface area (TPSA) is 29.5 Å². The Labute approximate surface area is 135 Å². The summed E-state index contributed by atoms with van der Waals surface area (Å²) in [6.07, 6.45) is 3.64. The quantitative estimate of drug-likeness (QED) is 0.874. The number of phenolic OH excluding ortho intramolecular Hbond substituents is 1. The highest BCUT2D eigenvalue weighted by Crippen LogP contribution is 2.38. The fraction of sp³-hybridized carbons (Fsp3) is 0.0476. The van der Waals surface area contributed by atoms with Gasteiger partial charge in [-0.15, -0.1) is 0 Å². The van der Waals surface area contributed by atoms with E-state index in [9.17, 15) is 5.11 Å². The van der Waals surface area contributed by atoms with Crippen LogP contribution in [0.3, 0.4) is 0 Å². The first-order chi connectivity index (χ1) is 11.0. The highest BCUT2D eigenvalue weighted by Gasteiger charge is 2.21. The molecule has 2 heteroatoms. The molecule has 0 radical (unpaired) electrons. The van der Waals surface area contributed by atoms with Crippen molar-refractivity contribution in [1.82, 2.24) is 0 Å². The summed E-state index contributed by atoms with van der Waals surface area (Å²) in [5.41, 5.74) is 3.96. The molecular formula is C21H18O2. The van der Waals surface area contributed by atoms with E-state index < -0.39 is 0 Å². The summed E-state index contributed by atoms with van der Waals surface area (Å²) in [7, 11) is 0. The SMILES string of the molecule is C=C/C(C)=C(\C=C)C1=c2ccc(=C)cc2Oc2cc(O)ccc21. The molecule has 0 aliphatic carbocycles. The van der Waals surface area contributed by atoms with Crippen LogP contribution in [0.2, 0.25) is 0 Å². The zero-order valence-electron chi connectivity index (χ0n) is 13.1. The molecule has 2 nitrogen and oxygen atoms in total. The summed E-state index contributed by atoms with van der Waals surface area (Å²) in [6.45, 7) is 13.8. The van der Waals surface area contributed by atoms with Crippen molar-refractivity contribution in [2.45, 2.75) is 6.92 Å². The fourth-order valence-corrected chi connectivity index (χ4v) is 2.78. The zero-order valence-corrected chi connectivity index (χ0v) is 13.1. The van der Waals surface area contributed by atoms with Gasteiger partial charge in [0.05, 0.1) is 0 Å². The second kappa shape index (κ2) is 5.65. The molecule has 0 saturated heterocycles. The molecule has 0 bridgehead atoms. The van der Waals surface area contributed by atoms with Gasteiger partial charge in [0.2, 0.25) is 0 Å². The van der Waals surface area contributed by atoms with Gasteiger partial charge in [0.25, 0.3) is 0 Å². The summed E-state index contributed by atoms with van der Waals surface area (Å²) in [4.78, 5) is 0. The molecule has 0 atom stereocenters. The lowest BCUT2D eigenvalue weighted by Gasteiger charge is -2.22. The van der Waals surface area contributed by atoms with Gasteiger partial charge in [0, 0.05) is 22.4 Å². The Morgan fingerprint density at radius 3 is 2.52 bits per heavy atom. The molecule has 1 aliphatic rings. The van der Waals surface area contributed by atoms with Gasteiger partial charge in [-0.25, -0.2) is 0 Å². The molecule has 23 heavy (non-hydrogen) atoms. The maximum atomic E-state index is 9.78. The van der Waals surface area contributed by atoms with Crippen LogP contribution in [0.4, 0.5) is 0 Å². The third-order valence-corrected chi connectivity index (χ3v) is 3.97. The number of rotatable bonds is 3. The Kier molecular flexibility index (Phi) is 3.67. The van der Waals surface area contributed by atoms with E-state index in [1.807, 2.05) is 43.3 Å². The Morgan fingerprint density at radius 2 is 1.83 bits per heavy atom. The third kappa shape index (κ3) is 2.49. The van der Waals surface area contributed by atoms with Crippen molar-refractivity contribution in [3.05, 3.63) is 88.9 Å². The van der Waals surface area contributed by atoms with Gasteiger partial charge < -0.3 is 9.84 Å². The van der Waals surface area contributed by atoms with Crippen LogP contribution in [-0.4, -0.2) is 5.11 Å². The smallest absolute Gasteiger partial charge is 0.139 e. The maximum absolute atomic E-state index is 9.78. The van der Waals surface area contributed by atoms with Crippen LogP contribution in [0.15, 0.2) is 72.9 Å². The van der Waals surface area contributed by atoms with E-state index in [0.29, 0.717) is 5.75 Å². The van der Waals surface area contributed by atoms with Gasteiger partial charge in [0.1, 0.15) is 17.2 Å². The molecule has 0 aromatic heterocycles. The van der Waals surface area contributed by atoms with Crippen LogP contribution in [0, 0.1) is 0 Å². The van der Waals surface area contributed by atoms with Gasteiger partial charge in [-0.3, -0.25) is 0 Å². The van der Waals surface area contributed by atoms with Crippen LogP contribution in [0.1, 0.15) is 12.5 Å². The van der Waals surface area contributed by atoms with Crippen molar-refractivity contribution in [1.29, 1.82) is 0 Å². The molecule has 114 valence electrons. The van der Waals surface area contributed by atoms with Crippen molar-refractivity contribution >= 4 is 12.2 Å². The highest BCUT2D eigenvalue weighted by atomic mass is 16.5. The summed E-state index contributed by atoms with van der Waals surface area (Å²) in [5, 5.41) is 11.6. The number of fused-ring (bicyclic) bond motifs is 2. The number of allylic oxidation sites excluding steroid dienone is 4. The number of hydrogen-bond acceptors (Lipinski definition) is 2. The van der Waals surface area contributed by atoms with Gasteiger partial charge in [-0.2, -0.15) is 0 Å².